The van der Waals surface area contributed by atoms with Crippen molar-refractivity contribution in [2.24, 2.45) is 13.0 Å². The third-order valence-electron chi connectivity index (χ3n) is 3.22. The van der Waals surface area contributed by atoms with E-state index in [2.05, 4.69) is 15.4 Å². The minimum absolute atomic E-state index is 0.0608. The van der Waals surface area contributed by atoms with Gasteiger partial charge in [0.05, 0.1) is 13.1 Å². The van der Waals surface area contributed by atoms with Crippen LogP contribution in [-0.4, -0.2) is 44.1 Å². The van der Waals surface area contributed by atoms with Crippen LogP contribution in [0.2, 0.25) is 0 Å². The lowest BCUT2D eigenvalue weighted by atomic mass is 10.00. The SMILES string of the molecule is CC(C)CC1C(=O)NCC(=O)N1Cc1ncnn1C. The molecule has 0 bridgehead atoms. The summed E-state index contributed by atoms with van der Waals surface area (Å²) in [4.78, 5) is 29.7. The molecule has 1 aliphatic heterocycles. The first kappa shape index (κ1) is 13.5. The van der Waals surface area contributed by atoms with Gasteiger partial charge in [0.1, 0.15) is 18.2 Å². The van der Waals surface area contributed by atoms with Crippen LogP contribution in [0.3, 0.4) is 0 Å². The second-order valence-electron chi connectivity index (χ2n) is 5.18. The number of aryl methyl sites for hydroxylation is 1. The first-order chi connectivity index (χ1) is 8.99. The first-order valence-electron chi connectivity index (χ1n) is 6.39. The summed E-state index contributed by atoms with van der Waals surface area (Å²) in [6.45, 7) is 4.45. The van der Waals surface area contributed by atoms with Crippen LogP contribution in [0.15, 0.2) is 6.33 Å². The van der Waals surface area contributed by atoms with Gasteiger partial charge in [-0.3, -0.25) is 14.3 Å². The normalized spacial score (nSPS) is 20.0. The van der Waals surface area contributed by atoms with Crippen molar-refractivity contribution < 1.29 is 9.59 Å². The highest BCUT2D eigenvalue weighted by Crippen LogP contribution is 2.17. The molecule has 19 heavy (non-hydrogen) atoms. The second-order valence-corrected chi connectivity index (χ2v) is 5.18. The molecule has 0 aliphatic carbocycles. The monoisotopic (exact) mass is 265 g/mol. The van der Waals surface area contributed by atoms with E-state index in [-0.39, 0.29) is 18.4 Å². The van der Waals surface area contributed by atoms with Crippen molar-refractivity contribution in [1.29, 1.82) is 0 Å². The Morgan fingerprint density at radius 1 is 1.47 bits per heavy atom. The number of amides is 2. The summed E-state index contributed by atoms with van der Waals surface area (Å²) in [5.74, 6) is 0.851. The maximum atomic E-state index is 12.0. The zero-order chi connectivity index (χ0) is 14.0. The number of rotatable bonds is 4. The molecular formula is C12H19N5O2. The zero-order valence-electron chi connectivity index (χ0n) is 11.5. The number of carbonyl (C=O) groups excluding carboxylic acids is 2. The summed E-state index contributed by atoms with van der Waals surface area (Å²) in [7, 11) is 1.77. The lowest BCUT2D eigenvalue weighted by molar-refractivity contribution is -0.147. The predicted molar refractivity (Wildman–Crippen MR) is 67.8 cm³/mol. The lowest BCUT2D eigenvalue weighted by Gasteiger charge is -2.35. The molecule has 0 radical (unpaired) electrons. The van der Waals surface area contributed by atoms with Gasteiger partial charge in [-0.2, -0.15) is 5.10 Å². The van der Waals surface area contributed by atoms with E-state index in [1.165, 1.54) is 6.33 Å². The molecule has 1 N–H and O–H groups in total. The summed E-state index contributed by atoms with van der Waals surface area (Å²) in [5, 5.41) is 6.62. The molecule has 1 unspecified atom stereocenters. The molecule has 7 nitrogen and oxygen atoms in total. The topological polar surface area (TPSA) is 80.1 Å². The van der Waals surface area contributed by atoms with Gasteiger partial charge in [0, 0.05) is 7.05 Å². The average molecular weight is 265 g/mol. The molecule has 2 heterocycles. The van der Waals surface area contributed by atoms with E-state index in [9.17, 15) is 9.59 Å². The third-order valence-corrected chi connectivity index (χ3v) is 3.22. The minimum Gasteiger partial charge on any atom is -0.345 e. The molecule has 0 saturated carbocycles. The molecule has 1 aromatic rings. The van der Waals surface area contributed by atoms with Crippen LogP contribution in [0, 0.1) is 5.92 Å². The summed E-state index contributed by atoms with van der Waals surface area (Å²) in [6, 6.07) is -0.419. The van der Waals surface area contributed by atoms with Crippen LogP contribution < -0.4 is 5.32 Å². The van der Waals surface area contributed by atoms with Crippen LogP contribution >= 0.6 is 0 Å². The molecule has 0 aromatic carbocycles. The van der Waals surface area contributed by atoms with E-state index in [4.69, 9.17) is 0 Å². The van der Waals surface area contributed by atoms with Gasteiger partial charge in [0.15, 0.2) is 0 Å². The molecule has 1 saturated heterocycles. The summed E-state index contributed by atoms with van der Waals surface area (Å²) in [6.07, 6.45) is 2.09. The van der Waals surface area contributed by atoms with Gasteiger partial charge in [-0.1, -0.05) is 13.8 Å². The van der Waals surface area contributed by atoms with Crippen LogP contribution in [0.4, 0.5) is 0 Å². The first-order valence-corrected chi connectivity index (χ1v) is 6.39. The number of hydrogen-bond donors (Lipinski definition) is 1. The molecule has 2 rings (SSSR count). The second kappa shape index (κ2) is 5.38. The number of hydrogen-bond acceptors (Lipinski definition) is 4. The Balaban J connectivity index is 2.19. The Bertz CT molecular complexity index is 482. The number of aromatic nitrogens is 3. The molecule has 1 atom stereocenters. The molecule has 1 aromatic heterocycles. The van der Waals surface area contributed by atoms with Crippen molar-refractivity contribution in [3.63, 3.8) is 0 Å². The lowest BCUT2D eigenvalue weighted by Crippen LogP contribution is -2.58. The van der Waals surface area contributed by atoms with Gasteiger partial charge >= 0.3 is 0 Å². The fourth-order valence-corrected chi connectivity index (χ4v) is 2.19. The maximum Gasteiger partial charge on any atom is 0.243 e. The highest BCUT2D eigenvalue weighted by atomic mass is 16.2. The largest absolute Gasteiger partial charge is 0.345 e. The van der Waals surface area contributed by atoms with E-state index < -0.39 is 6.04 Å². The van der Waals surface area contributed by atoms with Crippen LogP contribution in [-0.2, 0) is 23.2 Å². The van der Waals surface area contributed by atoms with Crippen LogP contribution in [0.25, 0.3) is 0 Å². The Morgan fingerprint density at radius 3 is 2.79 bits per heavy atom. The molecule has 104 valence electrons. The van der Waals surface area contributed by atoms with Crippen molar-refractivity contribution >= 4 is 11.8 Å². The Hall–Kier alpha value is -1.92. The number of nitrogens with zero attached hydrogens (tertiary/aromatic N) is 4. The summed E-state index contributed by atoms with van der Waals surface area (Å²) >= 11 is 0. The van der Waals surface area contributed by atoms with Crippen LogP contribution in [0.1, 0.15) is 26.1 Å². The highest BCUT2D eigenvalue weighted by Gasteiger charge is 2.35. The van der Waals surface area contributed by atoms with Gasteiger partial charge < -0.3 is 10.2 Å². The van der Waals surface area contributed by atoms with Crippen molar-refractivity contribution in [2.75, 3.05) is 6.54 Å². The van der Waals surface area contributed by atoms with E-state index >= 15 is 0 Å². The quantitative estimate of drug-likeness (QED) is 0.809. The maximum absolute atomic E-state index is 12.0. The number of piperazine rings is 1. The summed E-state index contributed by atoms with van der Waals surface area (Å²) < 4.78 is 1.62. The fraction of sp³-hybridized carbons (Fsp3) is 0.667. The summed E-state index contributed by atoms with van der Waals surface area (Å²) in [5.41, 5.74) is 0. The van der Waals surface area contributed by atoms with Crippen molar-refractivity contribution in [1.82, 2.24) is 25.0 Å². The molecule has 7 heteroatoms. The van der Waals surface area contributed by atoms with Gasteiger partial charge in [0.25, 0.3) is 0 Å². The van der Waals surface area contributed by atoms with Crippen molar-refractivity contribution in [3.8, 4) is 0 Å². The zero-order valence-corrected chi connectivity index (χ0v) is 11.5. The number of carbonyl (C=O) groups is 2. The number of nitrogens with one attached hydrogen (secondary N) is 1. The predicted octanol–water partition coefficient (Wildman–Crippen LogP) is -0.312. The molecular weight excluding hydrogens is 246 g/mol. The molecule has 2 amide bonds. The van der Waals surface area contributed by atoms with E-state index in [1.54, 1.807) is 16.6 Å². The standard InChI is InChI=1S/C12H19N5O2/c1-8(2)4-9-12(19)13-5-11(18)17(9)6-10-14-7-15-16(10)3/h7-9H,4-6H2,1-3H3,(H,13,19). The van der Waals surface area contributed by atoms with Crippen molar-refractivity contribution in [2.45, 2.75) is 32.9 Å². The molecule has 1 fully saturated rings. The van der Waals surface area contributed by atoms with E-state index in [0.29, 0.717) is 24.7 Å². The third kappa shape index (κ3) is 2.91. The smallest absolute Gasteiger partial charge is 0.243 e. The van der Waals surface area contributed by atoms with Gasteiger partial charge in [-0.25, -0.2) is 4.98 Å². The van der Waals surface area contributed by atoms with Gasteiger partial charge in [0.2, 0.25) is 11.8 Å². The average Bonchev–Trinajstić information content (AvgIpc) is 2.74. The molecule has 0 spiro atoms. The Labute approximate surface area is 112 Å². The molecule has 1 aliphatic rings. The minimum atomic E-state index is -0.419. The van der Waals surface area contributed by atoms with Gasteiger partial charge in [-0.05, 0) is 12.3 Å². The van der Waals surface area contributed by atoms with Crippen LogP contribution in [0.5, 0.6) is 0 Å². The highest BCUT2D eigenvalue weighted by molar-refractivity contribution is 5.94. The fourth-order valence-electron chi connectivity index (χ4n) is 2.19. The van der Waals surface area contributed by atoms with E-state index in [1.807, 2.05) is 13.8 Å². The Morgan fingerprint density at radius 2 is 2.21 bits per heavy atom. The Kier molecular flexibility index (Phi) is 3.82. The van der Waals surface area contributed by atoms with Crippen molar-refractivity contribution in [3.05, 3.63) is 12.2 Å². The van der Waals surface area contributed by atoms with Gasteiger partial charge in [-0.15, -0.1) is 0 Å². The van der Waals surface area contributed by atoms with E-state index in [0.717, 1.165) is 0 Å².